The maximum atomic E-state index is 12.3. The number of nitro benzene ring substituents is 1. The van der Waals surface area contributed by atoms with E-state index in [0.717, 1.165) is 12.8 Å². The molecule has 1 aromatic rings. The maximum Gasteiger partial charge on any atom is 0.311 e. The van der Waals surface area contributed by atoms with Crippen molar-refractivity contribution in [1.29, 1.82) is 0 Å². The molecular weight excluding hydrogens is 344 g/mol. The van der Waals surface area contributed by atoms with E-state index in [-0.39, 0.29) is 36.3 Å². The molecule has 1 aliphatic rings. The average molecular weight is 366 g/mol. The fourth-order valence-corrected chi connectivity index (χ4v) is 2.99. The van der Waals surface area contributed by atoms with Crippen molar-refractivity contribution in [3.05, 3.63) is 28.3 Å². The molecule has 0 aromatic heterocycles. The van der Waals surface area contributed by atoms with Gasteiger partial charge in [-0.25, -0.2) is 0 Å². The molecule has 1 amide bonds. The van der Waals surface area contributed by atoms with Gasteiger partial charge in [0.1, 0.15) is 5.75 Å². The van der Waals surface area contributed by atoms with Crippen LogP contribution in [0.15, 0.2) is 18.2 Å². The van der Waals surface area contributed by atoms with Crippen molar-refractivity contribution in [1.82, 2.24) is 4.90 Å². The van der Waals surface area contributed by atoms with Crippen molar-refractivity contribution in [2.45, 2.75) is 25.7 Å². The molecule has 1 unspecified atom stereocenters. The zero-order valence-electron chi connectivity index (χ0n) is 14.6. The van der Waals surface area contributed by atoms with Gasteiger partial charge in [0.25, 0.3) is 5.91 Å². The molecule has 1 heterocycles. The summed E-state index contributed by atoms with van der Waals surface area (Å²) < 4.78 is 10.4. The van der Waals surface area contributed by atoms with Gasteiger partial charge in [0.2, 0.25) is 5.75 Å². The van der Waals surface area contributed by atoms with Gasteiger partial charge in [0, 0.05) is 31.6 Å². The number of carboxylic acid groups (broad SMARTS) is 1. The number of carbonyl (C=O) groups excluding carboxylic acids is 1. The lowest BCUT2D eigenvalue weighted by Crippen LogP contribution is -2.42. The van der Waals surface area contributed by atoms with Crippen LogP contribution in [-0.4, -0.2) is 53.6 Å². The van der Waals surface area contributed by atoms with Gasteiger partial charge in [-0.15, -0.1) is 0 Å². The van der Waals surface area contributed by atoms with Crippen LogP contribution in [0.5, 0.6) is 11.5 Å². The number of amides is 1. The molecule has 1 N–H and O–H groups in total. The number of carbonyl (C=O) groups is 2. The molecular formula is C17H22N2O7. The minimum absolute atomic E-state index is 0.0617. The monoisotopic (exact) mass is 366 g/mol. The molecule has 26 heavy (non-hydrogen) atoms. The third-order valence-corrected chi connectivity index (χ3v) is 4.35. The third kappa shape index (κ3) is 5.33. The van der Waals surface area contributed by atoms with Crippen LogP contribution >= 0.6 is 0 Å². The Hall–Kier alpha value is -2.84. The molecule has 1 fully saturated rings. The van der Waals surface area contributed by atoms with Gasteiger partial charge >= 0.3 is 11.7 Å². The fourth-order valence-electron chi connectivity index (χ4n) is 2.99. The Morgan fingerprint density at radius 3 is 2.85 bits per heavy atom. The first-order chi connectivity index (χ1) is 12.4. The van der Waals surface area contributed by atoms with Gasteiger partial charge < -0.3 is 19.5 Å². The molecule has 0 spiro atoms. The van der Waals surface area contributed by atoms with E-state index in [1.807, 2.05) is 0 Å². The number of hydrogen-bond acceptors (Lipinski definition) is 6. The Morgan fingerprint density at radius 1 is 1.42 bits per heavy atom. The number of methoxy groups -OCH3 is 1. The van der Waals surface area contributed by atoms with Crippen LogP contribution in [-0.2, 0) is 9.59 Å². The van der Waals surface area contributed by atoms with Crippen molar-refractivity contribution >= 4 is 17.6 Å². The van der Waals surface area contributed by atoms with Crippen molar-refractivity contribution < 1.29 is 29.1 Å². The second kappa shape index (κ2) is 9.02. The van der Waals surface area contributed by atoms with E-state index in [2.05, 4.69) is 0 Å². The second-order valence-electron chi connectivity index (χ2n) is 6.16. The first-order valence-corrected chi connectivity index (χ1v) is 8.35. The lowest BCUT2D eigenvalue weighted by molar-refractivity contribution is -0.385. The number of rotatable bonds is 8. The lowest BCUT2D eigenvalue weighted by Gasteiger charge is -2.32. The minimum Gasteiger partial charge on any atom is -0.490 e. The quantitative estimate of drug-likeness (QED) is 0.552. The number of carboxylic acids is 1. The standard InChI is InChI=1S/C17H22N2O7/c1-25-15-9-13(5-6-14(15)19(23)24)26-11-16(20)18-8-2-3-12(10-18)4-7-17(21)22/h5-6,9,12H,2-4,7-8,10-11H2,1H3,(H,21,22). The predicted octanol–water partition coefficient (Wildman–Crippen LogP) is 2.09. The maximum absolute atomic E-state index is 12.3. The van der Waals surface area contributed by atoms with E-state index in [0.29, 0.717) is 25.3 Å². The van der Waals surface area contributed by atoms with Crippen LogP contribution in [0, 0.1) is 16.0 Å². The molecule has 0 aliphatic carbocycles. The SMILES string of the molecule is COc1cc(OCC(=O)N2CCCC(CCC(=O)O)C2)ccc1[N+](=O)[O-]. The van der Waals surface area contributed by atoms with E-state index >= 15 is 0 Å². The summed E-state index contributed by atoms with van der Waals surface area (Å²) in [7, 11) is 1.32. The smallest absolute Gasteiger partial charge is 0.311 e. The molecule has 1 atom stereocenters. The third-order valence-electron chi connectivity index (χ3n) is 4.35. The van der Waals surface area contributed by atoms with Crippen LogP contribution in [0.3, 0.4) is 0 Å². The lowest BCUT2D eigenvalue weighted by atomic mass is 9.93. The van der Waals surface area contributed by atoms with Crippen molar-refractivity contribution in [2.75, 3.05) is 26.8 Å². The summed E-state index contributed by atoms with van der Waals surface area (Å²) in [6.45, 7) is 0.959. The van der Waals surface area contributed by atoms with Gasteiger partial charge in [-0.2, -0.15) is 0 Å². The Balaban J connectivity index is 1.89. The zero-order chi connectivity index (χ0) is 19.1. The van der Waals surface area contributed by atoms with E-state index in [4.69, 9.17) is 14.6 Å². The number of nitro groups is 1. The highest BCUT2D eigenvalue weighted by atomic mass is 16.6. The molecule has 0 radical (unpaired) electrons. The summed E-state index contributed by atoms with van der Waals surface area (Å²) in [5.41, 5.74) is -0.177. The number of ether oxygens (including phenoxy) is 2. The summed E-state index contributed by atoms with van der Waals surface area (Å²) >= 11 is 0. The molecule has 2 rings (SSSR count). The predicted molar refractivity (Wildman–Crippen MR) is 91.3 cm³/mol. The number of nitrogens with zero attached hydrogens (tertiary/aromatic N) is 2. The summed E-state index contributed by atoms with van der Waals surface area (Å²) in [4.78, 5) is 35.0. The largest absolute Gasteiger partial charge is 0.490 e. The molecule has 0 saturated carbocycles. The zero-order valence-corrected chi connectivity index (χ0v) is 14.6. The number of hydrogen-bond donors (Lipinski definition) is 1. The Labute approximate surface area is 150 Å². The van der Waals surface area contributed by atoms with Gasteiger partial charge in [0.15, 0.2) is 6.61 Å². The molecule has 1 saturated heterocycles. The van der Waals surface area contributed by atoms with Gasteiger partial charge in [-0.05, 0) is 31.2 Å². The van der Waals surface area contributed by atoms with E-state index in [1.54, 1.807) is 4.90 Å². The molecule has 9 heteroatoms. The fraction of sp³-hybridized carbons (Fsp3) is 0.529. The summed E-state index contributed by atoms with van der Waals surface area (Å²) in [6.07, 6.45) is 2.41. The van der Waals surface area contributed by atoms with Gasteiger partial charge in [-0.1, -0.05) is 0 Å². The summed E-state index contributed by atoms with van der Waals surface area (Å²) in [5.74, 6) is -0.471. The van der Waals surface area contributed by atoms with Crippen molar-refractivity contribution in [3.8, 4) is 11.5 Å². The highest BCUT2D eigenvalue weighted by molar-refractivity contribution is 5.78. The first kappa shape index (κ1) is 19.5. The first-order valence-electron chi connectivity index (χ1n) is 8.35. The van der Waals surface area contributed by atoms with Crippen LogP contribution < -0.4 is 9.47 Å². The average Bonchev–Trinajstić information content (AvgIpc) is 2.64. The molecule has 142 valence electrons. The van der Waals surface area contributed by atoms with E-state index in [9.17, 15) is 19.7 Å². The Morgan fingerprint density at radius 2 is 2.19 bits per heavy atom. The van der Waals surface area contributed by atoms with Crippen LogP contribution in [0.1, 0.15) is 25.7 Å². The number of piperidine rings is 1. The van der Waals surface area contributed by atoms with Crippen LogP contribution in [0.25, 0.3) is 0 Å². The highest BCUT2D eigenvalue weighted by Crippen LogP contribution is 2.30. The summed E-state index contributed by atoms with van der Waals surface area (Å²) in [6, 6.07) is 4.05. The Kier molecular flexibility index (Phi) is 6.76. The Bertz CT molecular complexity index is 677. The van der Waals surface area contributed by atoms with Crippen LogP contribution in [0.4, 0.5) is 5.69 Å². The van der Waals surface area contributed by atoms with Crippen molar-refractivity contribution in [2.24, 2.45) is 5.92 Å². The molecule has 1 aromatic carbocycles. The van der Waals surface area contributed by atoms with Gasteiger partial charge in [-0.3, -0.25) is 19.7 Å². The molecule has 0 bridgehead atoms. The topological polar surface area (TPSA) is 119 Å². The van der Waals surface area contributed by atoms with E-state index < -0.39 is 10.9 Å². The normalized spacial score (nSPS) is 16.8. The van der Waals surface area contributed by atoms with Gasteiger partial charge in [0.05, 0.1) is 12.0 Å². The van der Waals surface area contributed by atoms with Crippen LogP contribution in [0.2, 0.25) is 0 Å². The molecule has 9 nitrogen and oxygen atoms in total. The van der Waals surface area contributed by atoms with Crippen molar-refractivity contribution in [3.63, 3.8) is 0 Å². The molecule has 1 aliphatic heterocycles. The van der Waals surface area contributed by atoms with E-state index in [1.165, 1.54) is 25.3 Å². The number of likely N-dealkylation sites (tertiary alicyclic amines) is 1. The number of benzene rings is 1. The summed E-state index contributed by atoms with van der Waals surface area (Å²) in [5, 5.41) is 19.7. The highest BCUT2D eigenvalue weighted by Gasteiger charge is 2.24. The number of aliphatic carboxylic acids is 1. The minimum atomic E-state index is -0.830. The second-order valence-corrected chi connectivity index (χ2v) is 6.16.